The highest BCUT2D eigenvalue weighted by Crippen LogP contribution is 2.00. The zero-order valence-corrected chi connectivity index (χ0v) is 10.1. The number of nitrogens with zero attached hydrogens (tertiary/aromatic N) is 3. The third-order valence-corrected chi connectivity index (χ3v) is 2.18. The van der Waals surface area contributed by atoms with Gasteiger partial charge in [-0.2, -0.15) is 5.26 Å². The number of hydrogen-bond acceptors (Lipinski definition) is 5. The fourth-order valence-corrected chi connectivity index (χ4v) is 1.22. The van der Waals surface area contributed by atoms with E-state index >= 15 is 0 Å². The van der Waals surface area contributed by atoms with Crippen molar-refractivity contribution in [3.05, 3.63) is 18.1 Å². The first-order valence-electron chi connectivity index (χ1n) is 5.90. The van der Waals surface area contributed by atoms with Gasteiger partial charge in [0.15, 0.2) is 5.69 Å². The van der Waals surface area contributed by atoms with E-state index < -0.39 is 0 Å². The Hall–Kier alpha value is -1.67. The van der Waals surface area contributed by atoms with Gasteiger partial charge in [0, 0.05) is 19.8 Å². The molecule has 0 amide bonds. The molecule has 0 spiro atoms. The lowest BCUT2D eigenvalue weighted by molar-refractivity contribution is 0.131. The van der Waals surface area contributed by atoms with E-state index in [1.807, 2.05) is 6.07 Å². The average Bonchev–Trinajstić information content (AvgIpc) is 2.38. The summed E-state index contributed by atoms with van der Waals surface area (Å²) in [5.41, 5.74) is 0.332. The number of nitriles is 1. The SMILES string of the molecule is CCCCOCCCNc1cnc(C#N)cn1. The molecule has 0 aromatic carbocycles. The molecular formula is C12H18N4O. The molecule has 0 bridgehead atoms. The molecule has 1 heterocycles. The largest absolute Gasteiger partial charge is 0.381 e. The Morgan fingerprint density at radius 3 is 2.76 bits per heavy atom. The Kier molecular flexibility index (Phi) is 6.68. The summed E-state index contributed by atoms with van der Waals surface area (Å²) in [6.07, 6.45) is 6.25. The molecule has 1 aromatic rings. The zero-order chi connectivity index (χ0) is 12.3. The summed E-state index contributed by atoms with van der Waals surface area (Å²) in [4.78, 5) is 7.98. The van der Waals surface area contributed by atoms with Crippen molar-refractivity contribution >= 4 is 5.82 Å². The van der Waals surface area contributed by atoms with Gasteiger partial charge in [-0.3, -0.25) is 0 Å². The van der Waals surface area contributed by atoms with Gasteiger partial charge in [-0.15, -0.1) is 0 Å². The van der Waals surface area contributed by atoms with Crippen LogP contribution in [0.4, 0.5) is 5.82 Å². The highest BCUT2D eigenvalue weighted by molar-refractivity contribution is 5.32. The Labute approximate surface area is 102 Å². The summed E-state index contributed by atoms with van der Waals surface area (Å²) in [5.74, 6) is 0.692. The maximum Gasteiger partial charge on any atom is 0.158 e. The molecule has 0 atom stereocenters. The summed E-state index contributed by atoms with van der Waals surface area (Å²) in [6, 6.07) is 1.93. The molecule has 5 nitrogen and oxygen atoms in total. The molecule has 1 aromatic heterocycles. The van der Waals surface area contributed by atoms with Crippen LogP contribution in [0.1, 0.15) is 31.9 Å². The minimum atomic E-state index is 0.332. The van der Waals surface area contributed by atoms with Gasteiger partial charge in [-0.25, -0.2) is 9.97 Å². The van der Waals surface area contributed by atoms with Gasteiger partial charge in [0.25, 0.3) is 0 Å². The summed E-state index contributed by atoms with van der Waals surface area (Å²) in [6.45, 7) is 4.55. The maximum atomic E-state index is 8.56. The molecule has 0 saturated carbocycles. The maximum absolute atomic E-state index is 8.56. The molecule has 0 unspecified atom stereocenters. The van der Waals surface area contributed by atoms with E-state index in [1.165, 1.54) is 12.6 Å². The van der Waals surface area contributed by atoms with Crippen molar-refractivity contribution in [3.63, 3.8) is 0 Å². The van der Waals surface area contributed by atoms with Crippen LogP contribution in [-0.2, 0) is 4.74 Å². The number of hydrogen-bond donors (Lipinski definition) is 1. The molecule has 0 aliphatic rings. The van der Waals surface area contributed by atoms with Crippen molar-refractivity contribution in [2.75, 3.05) is 25.1 Å². The number of ether oxygens (including phenoxy) is 1. The fourth-order valence-electron chi connectivity index (χ4n) is 1.22. The summed E-state index contributed by atoms with van der Waals surface area (Å²) < 4.78 is 5.43. The van der Waals surface area contributed by atoms with Crippen LogP contribution in [0.2, 0.25) is 0 Å². The zero-order valence-electron chi connectivity index (χ0n) is 10.1. The van der Waals surface area contributed by atoms with Crippen LogP contribution in [0.15, 0.2) is 12.4 Å². The number of aromatic nitrogens is 2. The van der Waals surface area contributed by atoms with Gasteiger partial charge >= 0.3 is 0 Å². The van der Waals surface area contributed by atoms with Gasteiger partial charge in [0.05, 0.1) is 12.4 Å². The first kappa shape index (κ1) is 13.4. The van der Waals surface area contributed by atoms with Crippen molar-refractivity contribution in [2.24, 2.45) is 0 Å². The molecule has 92 valence electrons. The lowest BCUT2D eigenvalue weighted by Gasteiger charge is -2.05. The lowest BCUT2D eigenvalue weighted by atomic mass is 10.4. The van der Waals surface area contributed by atoms with E-state index in [9.17, 15) is 0 Å². The highest BCUT2D eigenvalue weighted by atomic mass is 16.5. The first-order valence-corrected chi connectivity index (χ1v) is 5.90. The fraction of sp³-hybridized carbons (Fsp3) is 0.583. The quantitative estimate of drug-likeness (QED) is 0.696. The normalized spacial score (nSPS) is 9.88. The molecule has 0 radical (unpaired) electrons. The molecule has 17 heavy (non-hydrogen) atoms. The van der Waals surface area contributed by atoms with Gasteiger partial charge < -0.3 is 10.1 Å². The summed E-state index contributed by atoms with van der Waals surface area (Å²) in [7, 11) is 0. The molecule has 1 rings (SSSR count). The van der Waals surface area contributed by atoms with Crippen molar-refractivity contribution in [3.8, 4) is 6.07 Å². The second-order valence-corrected chi connectivity index (χ2v) is 3.64. The minimum absolute atomic E-state index is 0.332. The number of rotatable bonds is 8. The Morgan fingerprint density at radius 1 is 1.29 bits per heavy atom. The first-order chi connectivity index (χ1) is 8.36. The highest BCUT2D eigenvalue weighted by Gasteiger charge is 1.95. The molecule has 5 heteroatoms. The summed E-state index contributed by atoms with van der Waals surface area (Å²) >= 11 is 0. The second kappa shape index (κ2) is 8.48. The van der Waals surface area contributed by atoms with Gasteiger partial charge in [-0.1, -0.05) is 13.3 Å². The van der Waals surface area contributed by atoms with Crippen LogP contribution in [0, 0.1) is 11.3 Å². The smallest absolute Gasteiger partial charge is 0.158 e. The number of unbranched alkanes of at least 4 members (excludes halogenated alkanes) is 1. The Balaban J connectivity index is 2.08. The van der Waals surface area contributed by atoms with E-state index in [2.05, 4.69) is 22.2 Å². The van der Waals surface area contributed by atoms with E-state index in [1.54, 1.807) is 6.20 Å². The number of anilines is 1. The van der Waals surface area contributed by atoms with Crippen LogP contribution in [0.25, 0.3) is 0 Å². The minimum Gasteiger partial charge on any atom is -0.381 e. The van der Waals surface area contributed by atoms with Crippen LogP contribution in [0.3, 0.4) is 0 Å². The lowest BCUT2D eigenvalue weighted by Crippen LogP contribution is -2.07. The third-order valence-electron chi connectivity index (χ3n) is 2.18. The molecule has 0 fully saturated rings. The molecule has 0 aliphatic heterocycles. The van der Waals surface area contributed by atoms with Crippen molar-refractivity contribution in [1.82, 2.24) is 9.97 Å². The van der Waals surface area contributed by atoms with Gasteiger partial charge in [0.1, 0.15) is 11.9 Å². The van der Waals surface area contributed by atoms with E-state index in [-0.39, 0.29) is 0 Å². The second-order valence-electron chi connectivity index (χ2n) is 3.64. The van der Waals surface area contributed by atoms with E-state index in [0.717, 1.165) is 32.6 Å². The van der Waals surface area contributed by atoms with Crippen LogP contribution >= 0.6 is 0 Å². The predicted molar refractivity (Wildman–Crippen MR) is 65.6 cm³/mol. The van der Waals surface area contributed by atoms with Crippen LogP contribution in [-0.4, -0.2) is 29.7 Å². The third kappa shape index (κ3) is 5.83. The summed E-state index contributed by atoms with van der Waals surface area (Å²) in [5, 5.41) is 11.7. The van der Waals surface area contributed by atoms with E-state index in [4.69, 9.17) is 10.00 Å². The molecule has 0 saturated heterocycles. The van der Waals surface area contributed by atoms with Gasteiger partial charge in [0.2, 0.25) is 0 Å². The van der Waals surface area contributed by atoms with E-state index in [0.29, 0.717) is 11.5 Å². The van der Waals surface area contributed by atoms with Crippen LogP contribution in [0.5, 0.6) is 0 Å². The molecule has 0 aliphatic carbocycles. The monoisotopic (exact) mass is 234 g/mol. The van der Waals surface area contributed by atoms with Crippen LogP contribution < -0.4 is 5.32 Å². The molecule has 1 N–H and O–H groups in total. The average molecular weight is 234 g/mol. The van der Waals surface area contributed by atoms with Gasteiger partial charge in [-0.05, 0) is 12.8 Å². The van der Waals surface area contributed by atoms with Crippen molar-refractivity contribution in [2.45, 2.75) is 26.2 Å². The Bertz CT molecular complexity index is 345. The topological polar surface area (TPSA) is 70.8 Å². The standard InChI is InChI=1S/C12H18N4O/c1-2-3-6-17-7-4-5-14-12-10-15-11(8-13)9-16-12/h9-10H,2-7H2,1H3,(H,14,16). The van der Waals surface area contributed by atoms with Crippen molar-refractivity contribution < 1.29 is 4.74 Å². The molecular weight excluding hydrogens is 216 g/mol. The van der Waals surface area contributed by atoms with Crippen molar-refractivity contribution in [1.29, 1.82) is 5.26 Å². The Morgan fingerprint density at radius 2 is 2.12 bits per heavy atom. The predicted octanol–water partition coefficient (Wildman–Crippen LogP) is 1.97. The number of nitrogens with one attached hydrogen (secondary N) is 1.